The Morgan fingerprint density at radius 1 is 1.33 bits per heavy atom. The summed E-state index contributed by atoms with van der Waals surface area (Å²) in [6.07, 6.45) is 1.39. The summed E-state index contributed by atoms with van der Waals surface area (Å²) in [6.45, 7) is 0.416. The SMILES string of the molecule is NCc1ccc2c(S(N)(=O)=O)c[nH]c2c1. The molecule has 0 atom stereocenters. The number of nitrogens with two attached hydrogens (primary N) is 2. The van der Waals surface area contributed by atoms with Crippen molar-refractivity contribution in [3.8, 4) is 0 Å². The molecule has 0 aliphatic rings. The zero-order chi connectivity index (χ0) is 11.1. The molecule has 0 radical (unpaired) electrons. The van der Waals surface area contributed by atoms with Gasteiger partial charge in [-0.2, -0.15) is 0 Å². The van der Waals surface area contributed by atoms with E-state index in [2.05, 4.69) is 4.98 Å². The molecule has 0 aliphatic carbocycles. The Hall–Kier alpha value is -1.37. The highest BCUT2D eigenvalue weighted by molar-refractivity contribution is 7.89. The highest BCUT2D eigenvalue weighted by Gasteiger charge is 2.13. The molecule has 0 aliphatic heterocycles. The van der Waals surface area contributed by atoms with Gasteiger partial charge in [-0.05, 0) is 11.6 Å². The minimum absolute atomic E-state index is 0.112. The predicted molar refractivity (Wildman–Crippen MR) is 57.6 cm³/mol. The lowest BCUT2D eigenvalue weighted by Gasteiger charge is -1.98. The lowest BCUT2D eigenvalue weighted by molar-refractivity contribution is 0.598. The van der Waals surface area contributed by atoms with Gasteiger partial charge in [-0.3, -0.25) is 0 Å². The Bertz CT molecular complexity index is 601. The second-order valence-electron chi connectivity index (χ2n) is 3.28. The van der Waals surface area contributed by atoms with Gasteiger partial charge >= 0.3 is 0 Å². The first-order chi connectivity index (χ1) is 7.02. The maximum Gasteiger partial charge on any atom is 0.240 e. The molecule has 0 saturated carbocycles. The molecule has 6 heteroatoms. The van der Waals surface area contributed by atoms with Crippen molar-refractivity contribution in [3.63, 3.8) is 0 Å². The molecular formula is C9H11N3O2S. The number of nitrogens with one attached hydrogen (secondary N) is 1. The molecule has 1 heterocycles. The topological polar surface area (TPSA) is 102 Å². The van der Waals surface area contributed by atoms with Crippen molar-refractivity contribution < 1.29 is 8.42 Å². The Balaban J connectivity index is 2.73. The highest BCUT2D eigenvalue weighted by atomic mass is 32.2. The number of benzene rings is 1. The van der Waals surface area contributed by atoms with Gasteiger partial charge in [0.1, 0.15) is 4.90 Å². The molecule has 0 fully saturated rings. The fraction of sp³-hybridized carbons (Fsp3) is 0.111. The fourth-order valence-electron chi connectivity index (χ4n) is 1.51. The zero-order valence-corrected chi connectivity index (χ0v) is 8.71. The molecule has 5 N–H and O–H groups in total. The number of sulfonamides is 1. The molecule has 0 bridgehead atoms. The van der Waals surface area contributed by atoms with Crippen molar-refractivity contribution in [2.75, 3.05) is 0 Å². The molecule has 0 unspecified atom stereocenters. The van der Waals surface area contributed by atoms with E-state index in [1.807, 2.05) is 6.07 Å². The van der Waals surface area contributed by atoms with Crippen molar-refractivity contribution in [2.45, 2.75) is 11.4 Å². The molecule has 80 valence electrons. The van der Waals surface area contributed by atoms with E-state index in [-0.39, 0.29) is 4.90 Å². The van der Waals surface area contributed by atoms with Crippen LogP contribution in [0.25, 0.3) is 10.9 Å². The molecule has 2 aromatic rings. The van der Waals surface area contributed by atoms with Crippen LogP contribution in [0.1, 0.15) is 5.56 Å². The summed E-state index contributed by atoms with van der Waals surface area (Å²) in [5.74, 6) is 0. The van der Waals surface area contributed by atoms with E-state index in [9.17, 15) is 8.42 Å². The standard InChI is InChI=1S/C9H11N3O2S/c10-4-6-1-2-7-8(3-6)12-5-9(7)15(11,13)14/h1-3,5,12H,4,10H2,(H2,11,13,14). The van der Waals surface area contributed by atoms with Gasteiger partial charge in [-0.15, -0.1) is 0 Å². The lowest BCUT2D eigenvalue weighted by atomic mass is 10.2. The third-order valence-corrected chi connectivity index (χ3v) is 3.20. The van der Waals surface area contributed by atoms with Gasteiger partial charge < -0.3 is 10.7 Å². The third kappa shape index (κ3) is 1.74. The Labute approximate surface area is 87.1 Å². The van der Waals surface area contributed by atoms with E-state index >= 15 is 0 Å². The largest absolute Gasteiger partial charge is 0.360 e. The second kappa shape index (κ2) is 3.34. The summed E-state index contributed by atoms with van der Waals surface area (Å²) in [6, 6.07) is 5.29. The van der Waals surface area contributed by atoms with E-state index in [0.717, 1.165) is 11.1 Å². The van der Waals surface area contributed by atoms with Crippen LogP contribution in [0.15, 0.2) is 29.3 Å². The van der Waals surface area contributed by atoms with E-state index in [1.165, 1.54) is 6.20 Å². The van der Waals surface area contributed by atoms with Gasteiger partial charge in [0, 0.05) is 23.6 Å². The summed E-state index contributed by atoms with van der Waals surface area (Å²) in [5, 5.41) is 5.66. The number of hydrogen-bond donors (Lipinski definition) is 3. The van der Waals surface area contributed by atoms with Crippen molar-refractivity contribution in [1.29, 1.82) is 0 Å². The molecular weight excluding hydrogens is 214 g/mol. The average molecular weight is 225 g/mol. The summed E-state index contributed by atoms with van der Waals surface area (Å²) < 4.78 is 22.4. The van der Waals surface area contributed by atoms with E-state index in [0.29, 0.717) is 11.9 Å². The quantitative estimate of drug-likeness (QED) is 0.683. The van der Waals surface area contributed by atoms with Crippen LogP contribution < -0.4 is 10.9 Å². The minimum atomic E-state index is -3.67. The number of rotatable bonds is 2. The average Bonchev–Trinajstić information content (AvgIpc) is 2.59. The van der Waals surface area contributed by atoms with E-state index in [1.54, 1.807) is 12.1 Å². The number of aromatic amines is 1. The Morgan fingerprint density at radius 2 is 2.07 bits per heavy atom. The zero-order valence-electron chi connectivity index (χ0n) is 7.90. The lowest BCUT2D eigenvalue weighted by Crippen LogP contribution is -2.11. The van der Waals surface area contributed by atoms with Crippen LogP contribution >= 0.6 is 0 Å². The molecule has 0 spiro atoms. The van der Waals surface area contributed by atoms with Crippen molar-refractivity contribution in [2.24, 2.45) is 10.9 Å². The monoisotopic (exact) mass is 225 g/mol. The number of primary sulfonamides is 1. The van der Waals surface area contributed by atoms with Gasteiger partial charge in [0.25, 0.3) is 0 Å². The summed E-state index contributed by atoms with van der Waals surface area (Å²) in [5.41, 5.74) is 7.14. The van der Waals surface area contributed by atoms with Gasteiger partial charge in [-0.25, -0.2) is 13.6 Å². The number of aromatic nitrogens is 1. The molecule has 0 saturated heterocycles. The first-order valence-corrected chi connectivity index (χ1v) is 5.90. The number of fused-ring (bicyclic) bond motifs is 1. The Kier molecular flexibility index (Phi) is 2.26. The first-order valence-electron chi connectivity index (χ1n) is 4.35. The molecule has 15 heavy (non-hydrogen) atoms. The van der Waals surface area contributed by atoms with Crippen LogP contribution in [0.2, 0.25) is 0 Å². The predicted octanol–water partition coefficient (Wildman–Crippen LogP) is 0.274. The first kappa shape index (κ1) is 10.2. The minimum Gasteiger partial charge on any atom is -0.360 e. The molecule has 5 nitrogen and oxygen atoms in total. The molecule has 1 aromatic carbocycles. The summed E-state index contributed by atoms with van der Waals surface area (Å²) in [4.78, 5) is 2.97. The highest BCUT2D eigenvalue weighted by Crippen LogP contribution is 2.22. The summed E-state index contributed by atoms with van der Waals surface area (Å²) in [7, 11) is -3.67. The van der Waals surface area contributed by atoms with Crippen LogP contribution in [0.5, 0.6) is 0 Å². The van der Waals surface area contributed by atoms with Crippen molar-refractivity contribution in [3.05, 3.63) is 30.0 Å². The van der Waals surface area contributed by atoms with Crippen LogP contribution in [-0.4, -0.2) is 13.4 Å². The van der Waals surface area contributed by atoms with Gasteiger partial charge in [-0.1, -0.05) is 12.1 Å². The molecule has 2 rings (SSSR count). The van der Waals surface area contributed by atoms with Crippen molar-refractivity contribution >= 4 is 20.9 Å². The van der Waals surface area contributed by atoms with Crippen LogP contribution in [0.3, 0.4) is 0 Å². The Morgan fingerprint density at radius 3 is 2.67 bits per heavy atom. The van der Waals surface area contributed by atoms with Crippen LogP contribution in [-0.2, 0) is 16.6 Å². The molecule has 0 amide bonds. The van der Waals surface area contributed by atoms with Crippen LogP contribution in [0.4, 0.5) is 0 Å². The third-order valence-electron chi connectivity index (χ3n) is 2.25. The van der Waals surface area contributed by atoms with E-state index < -0.39 is 10.0 Å². The maximum absolute atomic E-state index is 11.2. The second-order valence-corrected chi connectivity index (χ2v) is 4.81. The fourth-order valence-corrected chi connectivity index (χ4v) is 2.22. The summed E-state index contributed by atoms with van der Waals surface area (Å²) >= 11 is 0. The normalized spacial score (nSPS) is 12.1. The number of H-pyrrole nitrogens is 1. The van der Waals surface area contributed by atoms with Gasteiger partial charge in [0.2, 0.25) is 10.0 Å². The van der Waals surface area contributed by atoms with Crippen molar-refractivity contribution in [1.82, 2.24) is 4.98 Å². The van der Waals surface area contributed by atoms with E-state index in [4.69, 9.17) is 10.9 Å². The number of hydrogen-bond acceptors (Lipinski definition) is 3. The van der Waals surface area contributed by atoms with Gasteiger partial charge in [0.15, 0.2) is 0 Å². The smallest absolute Gasteiger partial charge is 0.240 e. The van der Waals surface area contributed by atoms with Crippen LogP contribution in [0, 0.1) is 0 Å². The maximum atomic E-state index is 11.2. The van der Waals surface area contributed by atoms with Gasteiger partial charge in [0.05, 0.1) is 0 Å². The molecule has 1 aromatic heterocycles.